The van der Waals surface area contributed by atoms with Gasteiger partial charge < -0.3 is 10.5 Å². The summed E-state index contributed by atoms with van der Waals surface area (Å²) in [5.74, 6) is 1.000. The number of benzene rings is 1. The fourth-order valence-corrected chi connectivity index (χ4v) is 2.23. The smallest absolute Gasteiger partial charge is 0.156 e. The van der Waals surface area contributed by atoms with E-state index in [1.807, 2.05) is 0 Å². The van der Waals surface area contributed by atoms with Gasteiger partial charge in [-0.1, -0.05) is 17.8 Å². The number of hydrogen-bond donors (Lipinski definition) is 1. The molecule has 0 bridgehead atoms. The maximum atomic E-state index is 13.7. The first kappa shape index (κ1) is 12.6. The molecule has 0 aliphatic heterocycles. The van der Waals surface area contributed by atoms with Crippen LogP contribution in [0.15, 0.2) is 35.6 Å². The Morgan fingerprint density at radius 3 is 2.78 bits per heavy atom. The molecule has 1 heterocycles. The first-order valence-corrected chi connectivity index (χ1v) is 6.21. The van der Waals surface area contributed by atoms with Crippen LogP contribution in [-0.2, 0) is 5.75 Å². The molecule has 0 unspecified atom stereocenters. The van der Waals surface area contributed by atoms with E-state index in [1.165, 1.54) is 31.1 Å². The zero-order valence-electron chi connectivity index (χ0n) is 9.76. The van der Waals surface area contributed by atoms with Crippen LogP contribution in [0.25, 0.3) is 0 Å². The van der Waals surface area contributed by atoms with E-state index >= 15 is 0 Å². The van der Waals surface area contributed by atoms with Crippen molar-refractivity contribution in [2.75, 3.05) is 12.8 Å². The molecule has 2 rings (SSSR count). The Morgan fingerprint density at radius 1 is 1.33 bits per heavy atom. The first-order chi connectivity index (χ1) is 8.70. The summed E-state index contributed by atoms with van der Waals surface area (Å²) in [6.07, 6.45) is 3.08. The fourth-order valence-electron chi connectivity index (χ4n) is 1.37. The number of anilines is 1. The van der Waals surface area contributed by atoms with Crippen LogP contribution in [0.4, 0.5) is 10.2 Å². The number of halogens is 1. The molecule has 0 aliphatic carbocycles. The average molecular weight is 265 g/mol. The van der Waals surface area contributed by atoms with Crippen molar-refractivity contribution in [2.45, 2.75) is 10.8 Å². The maximum absolute atomic E-state index is 13.7. The molecule has 6 heteroatoms. The van der Waals surface area contributed by atoms with Crippen LogP contribution in [0.2, 0.25) is 0 Å². The molecule has 0 fully saturated rings. The van der Waals surface area contributed by atoms with Crippen molar-refractivity contribution >= 4 is 17.6 Å². The number of nitrogen functional groups attached to an aromatic ring is 1. The number of aromatic nitrogens is 2. The molecule has 0 amide bonds. The minimum Gasteiger partial charge on any atom is -0.497 e. The lowest BCUT2D eigenvalue weighted by atomic mass is 10.2. The van der Waals surface area contributed by atoms with Gasteiger partial charge >= 0.3 is 0 Å². The standard InChI is InChI=1S/C12H12FN3OS/c1-17-9-3-2-8(10(13)6-9)7-18-12-11(14)15-4-5-16-12/h2-6H,7H2,1H3,(H2,14,15). The number of hydrogen-bond acceptors (Lipinski definition) is 5. The number of nitrogens with zero attached hydrogens (tertiary/aromatic N) is 2. The molecule has 18 heavy (non-hydrogen) atoms. The number of rotatable bonds is 4. The van der Waals surface area contributed by atoms with Crippen LogP contribution < -0.4 is 10.5 Å². The lowest BCUT2D eigenvalue weighted by molar-refractivity contribution is 0.411. The third-order valence-electron chi connectivity index (χ3n) is 2.32. The summed E-state index contributed by atoms with van der Waals surface area (Å²) in [5, 5.41) is 0.604. The van der Waals surface area contributed by atoms with Gasteiger partial charge in [0.25, 0.3) is 0 Å². The molecule has 0 aliphatic rings. The Balaban J connectivity index is 2.09. The Hall–Kier alpha value is -1.82. The Bertz CT molecular complexity index is 551. The number of thioether (sulfide) groups is 1. The lowest BCUT2D eigenvalue weighted by Gasteiger charge is -2.06. The van der Waals surface area contributed by atoms with E-state index in [-0.39, 0.29) is 5.82 Å². The summed E-state index contributed by atoms with van der Waals surface area (Å²) in [5.41, 5.74) is 6.24. The van der Waals surface area contributed by atoms with E-state index in [4.69, 9.17) is 10.5 Å². The van der Waals surface area contributed by atoms with Crippen molar-refractivity contribution in [3.05, 3.63) is 42.0 Å². The molecule has 0 atom stereocenters. The fraction of sp³-hybridized carbons (Fsp3) is 0.167. The summed E-state index contributed by atoms with van der Waals surface area (Å²) >= 11 is 1.35. The van der Waals surface area contributed by atoms with Gasteiger partial charge in [-0.05, 0) is 11.6 Å². The highest BCUT2D eigenvalue weighted by molar-refractivity contribution is 7.98. The van der Waals surface area contributed by atoms with E-state index in [0.29, 0.717) is 27.9 Å². The van der Waals surface area contributed by atoms with Gasteiger partial charge in [0, 0.05) is 24.2 Å². The molecule has 94 valence electrons. The highest BCUT2D eigenvalue weighted by Crippen LogP contribution is 2.26. The van der Waals surface area contributed by atoms with Crippen molar-refractivity contribution in [1.82, 2.24) is 9.97 Å². The van der Waals surface area contributed by atoms with Crippen LogP contribution in [0.5, 0.6) is 5.75 Å². The Labute approximate surface area is 108 Å². The molecular weight excluding hydrogens is 253 g/mol. The van der Waals surface area contributed by atoms with Crippen molar-refractivity contribution in [1.29, 1.82) is 0 Å². The predicted octanol–water partition coefficient (Wildman–Crippen LogP) is 2.50. The Morgan fingerprint density at radius 2 is 2.11 bits per heavy atom. The summed E-state index contributed by atoms with van der Waals surface area (Å²) in [4.78, 5) is 8.01. The van der Waals surface area contributed by atoms with Crippen molar-refractivity contribution < 1.29 is 9.13 Å². The highest BCUT2D eigenvalue weighted by atomic mass is 32.2. The van der Waals surface area contributed by atoms with Crippen molar-refractivity contribution in [3.63, 3.8) is 0 Å². The van der Waals surface area contributed by atoms with Gasteiger partial charge in [-0.2, -0.15) is 0 Å². The number of nitrogens with two attached hydrogens (primary N) is 1. The molecule has 2 N–H and O–H groups in total. The minimum absolute atomic E-state index is 0.302. The largest absolute Gasteiger partial charge is 0.497 e. The third-order valence-corrected chi connectivity index (χ3v) is 3.36. The van der Waals surface area contributed by atoms with E-state index < -0.39 is 0 Å². The van der Waals surface area contributed by atoms with E-state index in [0.717, 1.165) is 0 Å². The second-order valence-electron chi connectivity index (χ2n) is 3.49. The molecule has 0 radical (unpaired) electrons. The van der Waals surface area contributed by atoms with Crippen LogP contribution in [0, 0.1) is 5.82 Å². The summed E-state index contributed by atoms with van der Waals surface area (Å²) < 4.78 is 18.6. The van der Waals surface area contributed by atoms with Crippen LogP contribution in [0.1, 0.15) is 5.56 Å². The van der Waals surface area contributed by atoms with Crippen molar-refractivity contribution in [2.24, 2.45) is 0 Å². The molecule has 0 saturated heterocycles. The summed E-state index contributed by atoms with van der Waals surface area (Å²) in [6.45, 7) is 0. The zero-order chi connectivity index (χ0) is 13.0. The molecule has 0 saturated carbocycles. The quantitative estimate of drug-likeness (QED) is 0.861. The highest BCUT2D eigenvalue weighted by Gasteiger charge is 2.07. The van der Waals surface area contributed by atoms with Crippen LogP contribution >= 0.6 is 11.8 Å². The molecule has 0 spiro atoms. The van der Waals surface area contributed by atoms with Crippen LogP contribution in [-0.4, -0.2) is 17.1 Å². The minimum atomic E-state index is -0.302. The van der Waals surface area contributed by atoms with Gasteiger partial charge in [0.1, 0.15) is 16.6 Å². The monoisotopic (exact) mass is 265 g/mol. The Kier molecular flexibility index (Phi) is 3.99. The van der Waals surface area contributed by atoms with Gasteiger partial charge in [0.05, 0.1) is 7.11 Å². The SMILES string of the molecule is COc1ccc(CSc2nccnc2N)c(F)c1. The van der Waals surface area contributed by atoms with Gasteiger partial charge in [-0.25, -0.2) is 14.4 Å². The normalized spacial score (nSPS) is 10.3. The number of methoxy groups -OCH3 is 1. The number of ether oxygens (including phenoxy) is 1. The second-order valence-corrected chi connectivity index (χ2v) is 4.46. The molecule has 1 aromatic carbocycles. The average Bonchev–Trinajstić information content (AvgIpc) is 2.39. The van der Waals surface area contributed by atoms with E-state index in [1.54, 1.807) is 18.3 Å². The van der Waals surface area contributed by atoms with E-state index in [2.05, 4.69) is 9.97 Å². The van der Waals surface area contributed by atoms with Gasteiger partial charge in [-0.3, -0.25) is 0 Å². The molecular formula is C12H12FN3OS. The summed E-state index contributed by atoms with van der Waals surface area (Å²) in [6, 6.07) is 4.77. The van der Waals surface area contributed by atoms with Gasteiger partial charge in [-0.15, -0.1) is 0 Å². The maximum Gasteiger partial charge on any atom is 0.156 e. The zero-order valence-corrected chi connectivity index (χ0v) is 10.6. The van der Waals surface area contributed by atoms with E-state index in [9.17, 15) is 4.39 Å². The third kappa shape index (κ3) is 2.89. The summed E-state index contributed by atoms with van der Waals surface area (Å²) in [7, 11) is 1.50. The topological polar surface area (TPSA) is 61.0 Å². The lowest BCUT2D eigenvalue weighted by Crippen LogP contribution is -1.96. The second kappa shape index (κ2) is 5.68. The van der Waals surface area contributed by atoms with Gasteiger partial charge in [0.2, 0.25) is 0 Å². The first-order valence-electron chi connectivity index (χ1n) is 5.22. The van der Waals surface area contributed by atoms with Gasteiger partial charge in [0.15, 0.2) is 5.82 Å². The predicted molar refractivity (Wildman–Crippen MR) is 69.0 cm³/mol. The van der Waals surface area contributed by atoms with Crippen molar-refractivity contribution in [3.8, 4) is 5.75 Å². The molecule has 4 nitrogen and oxygen atoms in total. The molecule has 2 aromatic rings. The van der Waals surface area contributed by atoms with Crippen LogP contribution in [0.3, 0.4) is 0 Å². The molecule has 1 aromatic heterocycles.